The van der Waals surface area contributed by atoms with E-state index in [-0.39, 0.29) is 0 Å². The van der Waals surface area contributed by atoms with E-state index < -0.39 is 0 Å². The fourth-order valence-corrected chi connectivity index (χ4v) is 11.4. The van der Waals surface area contributed by atoms with Crippen molar-refractivity contribution in [1.82, 2.24) is 0 Å². The van der Waals surface area contributed by atoms with Crippen molar-refractivity contribution in [2.75, 3.05) is 4.90 Å². The Kier molecular flexibility index (Phi) is 8.81. The van der Waals surface area contributed by atoms with Gasteiger partial charge in [-0.25, -0.2) is 0 Å². The Hall–Kier alpha value is -8.55. The smallest absolute Gasteiger partial charge is 0.0991 e. The first-order valence-electron chi connectivity index (χ1n) is 22.4. The highest BCUT2D eigenvalue weighted by Gasteiger charge is 2.21. The molecule has 0 aliphatic heterocycles. The Balaban J connectivity index is 0.991. The standard InChI is InChI=1S/C63H38N2S/c64-39-40-23-29-47(30-24-40)65(49-32-34-61-58(38-49)52-17-7-8-22-60(52)66-61)48-31-27-44-35-43(25-26-45(44)36-48)46-28-33-57-59(37-46)63(54-21-10-14-42-12-2-4-16-51(42)54)56-19-6-5-18-55(56)62(57)53-20-9-13-41-11-1-3-15-50(41)53/h1-38H. The molecule has 66 heavy (non-hydrogen) atoms. The molecule has 1 aromatic heterocycles. The Morgan fingerprint density at radius 3 is 1.53 bits per heavy atom. The summed E-state index contributed by atoms with van der Waals surface area (Å²) in [5, 5.41) is 24.4. The Morgan fingerprint density at radius 2 is 0.818 bits per heavy atom. The quantitative estimate of drug-likeness (QED) is 0.156. The van der Waals surface area contributed by atoms with Crippen LogP contribution >= 0.6 is 11.3 Å². The number of rotatable bonds is 6. The van der Waals surface area contributed by atoms with Crippen LogP contribution in [0.2, 0.25) is 0 Å². The zero-order chi connectivity index (χ0) is 43.7. The van der Waals surface area contributed by atoms with E-state index in [2.05, 4.69) is 217 Å². The van der Waals surface area contributed by atoms with Crippen molar-refractivity contribution in [3.05, 3.63) is 236 Å². The van der Waals surface area contributed by atoms with E-state index in [1.54, 1.807) is 0 Å². The third kappa shape index (κ3) is 6.15. The van der Waals surface area contributed by atoms with Crippen molar-refractivity contribution in [3.63, 3.8) is 0 Å². The van der Waals surface area contributed by atoms with Gasteiger partial charge in [0.2, 0.25) is 0 Å². The fraction of sp³-hybridized carbons (Fsp3) is 0. The molecule has 13 aromatic rings. The summed E-state index contributed by atoms with van der Waals surface area (Å²) >= 11 is 1.83. The highest BCUT2D eigenvalue weighted by Crippen LogP contribution is 2.48. The number of hydrogen-bond acceptors (Lipinski definition) is 3. The molecular formula is C63H38N2S. The lowest BCUT2D eigenvalue weighted by Gasteiger charge is -2.26. The molecule has 306 valence electrons. The summed E-state index contributed by atoms with van der Waals surface area (Å²) in [4.78, 5) is 2.30. The van der Waals surface area contributed by atoms with Gasteiger partial charge in [-0.15, -0.1) is 11.3 Å². The minimum absolute atomic E-state index is 0.639. The number of nitriles is 1. The van der Waals surface area contributed by atoms with E-state index in [1.807, 2.05) is 35.6 Å². The van der Waals surface area contributed by atoms with Crippen LogP contribution in [0.15, 0.2) is 231 Å². The summed E-state index contributed by atoms with van der Waals surface area (Å²) < 4.78 is 2.55. The van der Waals surface area contributed by atoms with Crippen LogP contribution in [0.25, 0.3) is 107 Å². The van der Waals surface area contributed by atoms with Crippen LogP contribution < -0.4 is 4.90 Å². The van der Waals surface area contributed by atoms with Crippen molar-refractivity contribution in [2.45, 2.75) is 0 Å². The highest BCUT2D eigenvalue weighted by molar-refractivity contribution is 7.25. The summed E-state index contributed by atoms with van der Waals surface area (Å²) in [6, 6.07) is 86.2. The van der Waals surface area contributed by atoms with E-state index in [4.69, 9.17) is 0 Å². The maximum atomic E-state index is 9.65. The van der Waals surface area contributed by atoms with Crippen LogP contribution in [0, 0.1) is 11.3 Å². The Bertz CT molecular complexity index is 4120. The first kappa shape index (κ1) is 38.0. The molecule has 0 fully saturated rings. The SMILES string of the molecule is N#Cc1ccc(N(c2ccc3cc(-c4ccc5c(-c6cccc7ccccc67)c6ccccc6c(-c6cccc7ccccc67)c5c4)ccc3c2)c2ccc3sc4ccccc4c3c2)cc1. The first-order chi connectivity index (χ1) is 32.7. The highest BCUT2D eigenvalue weighted by atomic mass is 32.1. The predicted octanol–water partition coefficient (Wildman–Crippen LogP) is 18.2. The summed E-state index contributed by atoms with van der Waals surface area (Å²) in [6.45, 7) is 0. The summed E-state index contributed by atoms with van der Waals surface area (Å²) in [7, 11) is 0. The second kappa shape index (κ2) is 15.3. The molecule has 0 atom stereocenters. The minimum Gasteiger partial charge on any atom is -0.310 e. The zero-order valence-corrected chi connectivity index (χ0v) is 36.6. The van der Waals surface area contributed by atoms with E-state index in [0.717, 1.165) is 22.4 Å². The average molecular weight is 855 g/mol. The van der Waals surface area contributed by atoms with Gasteiger partial charge >= 0.3 is 0 Å². The van der Waals surface area contributed by atoms with Crippen LogP contribution in [0.1, 0.15) is 5.56 Å². The summed E-state index contributed by atoms with van der Waals surface area (Å²) in [6.07, 6.45) is 0. The molecule has 13 rings (SSSR count). The third-order valence-corrected chi connectivity index (χ3v) is 14.6. The molecule has 0 aliphatic rings. The molecule has 0 unspecified atom stereocenters. The van der Waals surface area contributed by atoms with Crippen molar-refractivity contribution < 1.29 is 0 Å². The third-order valence-electron chi connectivity index (χ3n) is 13.4. The number of fused-ring (bicyclic) bond motifs is 8. The largest absolute Gasteiger partial charge is 0.310 e. The van der Waals surface area contributed by atoms with E-state index in [0.29, 0.717) is 5.56 Å². The van der Waals surface area contributed by atoms with Gasteiger partial charge in [-0.3, -0.25) is 0 Å². The van der Waals surface area contributed by atoms with Crippen molar-refractivity contribution in [2.24, 2.45) is 0 Å². The molecule has 3 heteroatoms. The van der Waals surface area contributed by atoms with Crippen LogP contribution in [-0.2, 0) is 0 Å². The Labute approximate surface area is 386 Å². The van der Waals surface area contributed by atoms with Gasteiger partial charge in [-0.1, -0.05) is 158 Å². The van der Waals surface area contributed by atoms with Crippen LogP contribution in [0.3, 0.4) is 0 Å². The maximum absolute atomic E-state index is 9.65. The molecule has 0 aliphatic carbocycles. The number of benzene rings is 12. The lowest BCUT2D eigenvalue weighted by atomic mass is 9.83. The first-order valence-corrected chi connectivity index (χ1v) is 23.2. The molecular weight excluding hydrogens is 817 g/mol. The monoisotopic (exact) mass is 854 g/mol. The molecule has 0 radical (unpaired) electrons. The fourth-order valence-electron chi connectivity index (χ4n) is 10.4. The van der Waals surface area contributed by atoms with Crippen molar-refractivity contribution >= 4 is 102 Å². The molecule has 2 nitrogen and oxygen atoms in total. The molecule has 12 aromatic carbocycles. The summed E-state index contributed by atoms with van der Waals surface area (Å²) in [5.41, 5.74) is 11.1. The van der Waals surface area contributed by atoms with Gasteiger partial charge in [0.15, 0.2) is 0 Å². The normalized spacial score (nSPS) is 11.6. The topological polar surface area (TPSA) is 27.0 Å². The van der Waals surface area contributed by atoms with Crippen molar-refractivity contribution in [3.8, 4) is 39.4 Å². The summed E-state index contributed by atoms with van der Waals surface area (Å²) in [5.74, 6) is 0. The zero-order valence-electron chi connectivity index (χ0n) is 35.7. The van der Waals surface area contributed by atoms with Crippen LogP contribution in [0.4, 0.5) is 17.1 Å². The van der Waals surface area contributed by atoms with Crippen molar-refractivity contribution in [1.29, 1.82) is 5.26 Å². The van der Waals surface area contributed by atoms with E-state index >= 15 is 0 Å². The Morgan fingerprint density at radius 1 is 0.318 bits per heavy atom. The number of nitrogens with zero attached hydrogens (tertiary/aromatic N) is 2. The lowest BCUT2D eigenvalue weighted by Crippen LogP contribution is -2.09. The van der Waals surface area contributed by atoms with Gasteiger partial charge in [0.25, 0.3) is 0 Å². The number of thiophene rings is 1. The molecule has 0 N–H and O–H groups in total. The van der Waals surface area contributed by atoms with Gasteiger partial charge in [-0.05, 0) is 160 Å². The number of hydrogen-bond donors (Lipinski definition) is 0. The second-order valence-corrected chi connectivity index (χ2v) is 18.2. The minimum atomic E-state index is 0.639. The number of anilines is 3. The van der Waals surface area contributed by atoms with Crippen LogP contribution in [-0.4, -0.2) is 0 Å². The maximum Gasteiger partial charge on any atom is 0.0991 e. The molecule has 1 heterocycles. The van der Waals surface area contributed by atoms with Gasteiger partial charge in [-0.2, -0.15) is 5.26 Å². The van der Waals surface area contributed by atoms with Gasteiger partial charge in [0.1, 0.15) is 0 Å². The van der Waals surface area contributed by atoms with Crippen LogP contribution in [0.5, 0.6) is 0 Å². The molecule has 0 bridgehead atoms. The van der Waals surface area contributed by atoms with E-state index in [9.17, 15) is 5.26 Å². The molecule has 0 saturated carbocycles. The van der Waals surface area contributed by atoms with Gasteiger partial charge in [0.05, 0.1) is 11.6 Å². The van der Waals surface area contributed by atoms with Gasteiger partial charge < -0.3 is 4.90 Å². The second-order valence-electron chi connectivity index (χ2n) is 17.1. The molecule has 0 spiro atoms. The molecule has 0 amide bonds. The lowest BCUT2D eigenvalue weighted by molar-refractivity contribution is 1.29. The average Bonchev–Trinajstić information content (AvgIpc) is 3.76. The molecule has 0 saturated heterocycles. The van der Waals surface area contributed by atoms with Gasteiger partial charge in [0, 0.05) is 37.2 Å². The van der Waals surface area contributed by atoms with E-state index in [1.165, 1.54) is 102 Å². The predicted molar refractivity (Wildman–Crippen MR) is 283 cm³/mol.